The van der Waals surface area contributed by atoms with Crippen molar-refractivity contribution in [1.82, 2.24) is 5.32 Å². The van der Waals surface area contributed by atoms with Gasteiger partial charge in [0.05, 0.1) is 5.39 Å². The molecule has 1 aromatic heterocycles. The predicted octanol–water partition coefficient (Wildman–Crippen LogP) is 3.23. The van der Waals surface area contributed by atoms with E-state index in [0.717, 1.165) is 5.56 Å². The van der Waals surface area contributed by atoms with Crippen LogP contribution in [0.15, 0.2) is 94.1 Å². The minimum absolute atomic E-state index is 0.0394. The van der Waals surface area contributed by atoms with Gasteiger partial charge >= 0.3 is 0 Å². The minimum atomic E-state index is -0.791. The van der Waals surface area contributed by atoms with E-state index in [1.807, 2.05) is 60.7 Å². The largest absolute Gasteiger partial charge is 0.491 e. The minimum Gasteiger partial charge on any atom is -0.491 e. The average molecular weight is 462 g/mol. The van der Waals surface area contributed by atoms with E-state index in [-0.39, 0.29) is 31.7 Å². The SMILES string of the molecule is O=c1cc(-c2ccccc2)oc2cc(OCC(O)CNCC(O)COc3ccccc3)ccc12. The molecule has 34 heavy (non-hydrogen) atoms. The van der Waals surface area contributed by atoms with Gasteiger partial charge in [0.15, 0.2) is 5.43 Å². The molecular weight excluding hydrogens is 434 g/mol. The van der Waals surface area contributed by atoms with Crippen LogP contribution in [0.3, 0.4) is 0 Å². The smallest absolute Gasteiger partial charge is 0.193 e. The summed E-state index contributed by atoms with van der Waals surface area (Å²) in [5.74, 6) is 1.66. The van der Waals surface area contributed by atoms with E-state index in [9.17, 15) is 15.0 Å². The summed E-state index contributed by atoms with van der Waals surface area (Å²) in [6.45, 7) is 0.700. The number of rotatable bonds is 11. The Labute approximate surface area is 197 Å². The number of hydrogen-bond acceptors (Lipinski definition) is 7. The molecule has 7 heteroatoms. The molecule has 176 valence electrons. The Kier molecular flexibility index (Phi) is 7.93. The maximum absolute atomic E-state index is 12.5. The zero-order valence-corrected chi connectivity index (χ0v) is 18.6. The van der Waals surface area contributed by atoms with Crippen LogP contribution in [0.25, 0.3) is 22.3 Å². The molecule has 0 aliphatic carbocycles. The van der Waals surface area contributed by atoms with Gasteiger partial charge in [-0.15, -0.1) is 0 Å². The van der Waals surface area contributed by atoms with Gasteiger partial charge in [-0.2, -0.15) is 0 Å². The summed E-state index contributed by atoms with van der Waals surface area (Å²) in [6, 6.07) is 25.1. The van der Waals surface area contributed by atoms with Gasteiger partial charge in [-0.1, -0.05) is 48.5 Å². The molecule has 4 aromatic rings. The number of aliphatic hydroxyl groups excluding tert-OH is 2. The molecule has 0 saturated heterocycles. The van der Waals surface area contributed by atoms with E-state index in [4.69, 9.17) is 13.9 Å². The lowest BCUT2D eigenvalue weighted by Gasteiger charge is -2.16. The molecule has 4 rings (SSSR count). The topological polar surface area (TPSA) is 101 Å². The van der Waals surface area contributed by atoms with Crippen LogP contribution in [-0.2, 0) is 0 Å². The lowest BCUT2D eigenvalue weighted by atomic mass is 10.1. The molecule has 2 atom stereocenters. The fourth-order valence-corrected chi connectivity index (χ4v) is 3.41. The van der Waals surface area contributed by atoms with E-state index < -0.39 is 12.2 Å². The first-order valence-electron chi connectivity index (χ1n) is 11.1. The van der Waals surface area contributed by atoms with Crippen LogP contribution in [0.5, 0.6) is 11.5 Å². The van der Waals surface area contributed by atoms with Gasteiger partial charge in [-0.3, -0.25) is 4.79 Å². The third-order valence-electron chi connectivity index (χ3n) is 5.15. The molecule has 3 N–H and O–H groups in total. The molecular formula is C27H27NO6. The first kappa shape index (κ1) is 23.5. The summed E-state index contributed by atoms with van der Waals surface area (Å²) in [5, 5.41) is 23.7. The Morgan fingerprint density at radius 3 is 2.06 bits per heavy atom. The second kappa shape index (κ2) is 11.5. The van der Waals surface area contributed by atoms with Gasteiger partial charge in [0.25, 0.3) is 0 Å². The summed E-state index contributed by atoms with van der Waals surface area (Å²) in [5.41, 5.74) is 1.09. The summed E-state index contributed by atoms with van der Waals surface area (Å²) >= 11 is 0. The molecule has 1 heterocycles. The average Bonchev–Trinajstić information content (AvgIpc) is 2.87. The highest BCUT2D eigenvalue weighted by atomic mass is 16.5. The molecule has 0 amide bonds. The number of benzene rings is 3. The first-order chi connectivity index (χ1) is 16.6. The van der Waals surface area contributed by atoms with Gasteiger partial charge in [0, 0.05) is 30.8 Å². The first-order valence-corrected chi connectivity index (χ1v) is 11.1. The van der Waals surface area contributed by atoms with Gasteiger partial charge in [-0.05, 0) is 24.3 Å². The van der Waals surface area contributed by atoms with Gasteiger partial charge < -0.3 is 29.4 Å². The van der Waals surface area contributed by atoms with E-state index >= 15 is 0 Å². The van der Waals surface area contributed by atoms with Crippen LogP contribution in [0.2, 0.25) is 0 Å². The zero-order valence-electron chi connectivity index (χ0n) is 18.6. The van der Waals surface area contributed by atoms with Crippen molar-refractivity contribution in [2.75, 3.05) is 26.3 Å². The van der Waals surface area contributed by atoms with Gasteiger partial charge in [0.2, 0.25) is 0 Å². The van der Waals surface area contributed by atoms with Crippen LogP contribution in [0, 0.1) is 0 Å². The zero-order chi connectivity index (χ0) is 23.8. The number of hydrogen-bond donors (Lipinski definition) is 3. The monoisotopic (exact) mass is 461 g/mol. The summed E-state index contributed by atoms with van der Waals surface area (Å²) < 4.78 is 17.1. The molecule has 0 radical (unpaired) electrons. The quantitative estimate of drug-likeness (QED) is 0.315. The van der Waals surface area contributed by atoms with Gasteiger partial charge in [-0.25, -0.2) is 0 Å². The highest BCUT2D eigenvalue weighted by molar-refractivity contribution is 5.80. The molecule has 0 aliphatic rings. The normalized spacial score (nSPS) is 12.9. The second-order valence-corrected chi connectivity index (χ2v) is 7.90. The van der Waals surface area contributed by atoms with E-state index in [2.05, 4.69) is 5.32 Å². The number of ether oxygens (including phenoxy) is 2. The Hall–Kier alpha value is -3.65. The van der Waals surface area contributed by atoms with Crippen molar-refractivity contribution >= 4 is 11.0 Å². The molecule has 0 bridgehead atoms. The van der Waals surface area contributed by atoms with Gasteiger partial charge in [0.1, 0.15) is 48.3 Å². The summed E-state index contributed by atoms with van der Waals surface area (Å²) in [4.78, 5) is 12.5. The van der Waals surface area contributed by atoms with E-state index in [1.54, 1.807) is 18.2 Å². The Balaban J connectivity index is 1.26. The Bertz CT molecular complexity index is 1240. The maximum atomic E-state index is 12.5. The Morgan fingerprint density at radius 2 is 1.38 bits per heavy atom. The fraction of sp³-hybridized carbons (Fsp3) is 0.222. The number of aliphatic hydroxyl groups is 2. The molecule has 0 aliphatic heterocycles. The van der Waals surface area contributed by atoms with Crippen molar-refractivity contribution in [1.29, 1.82) is 0 Å². The molecule has 2 unspecified atom stereocenters. The summed E-state index contributed by atoms with van der Waals surface area (Å²) in [7, 11) is 0. The highest BCUT2D eigenvalue weighted by Crippen LogP contribution is 2.24. The number of nitrogens with one attached hydrogen (secondary N) is 1. The van der Waals surface area contributed by atoms with Crippen LogP contribution >= 0.6 is 0 Å². The van der Waals surface area contributed by atoms with E-state index in [0.29, 0.717) is 28.2 Å². The number of fused-ring (bicyclic) bond motifs is 1. The standard InChI is InChI=1S/C27H27NO6/c29-20(17-32-22-9-5-2-6-10-22)15-28-16-21(30)18-33-23-11-12-24-25(31)14-26(34-27(24)13-23)19-7-3-1-4-8-19/h1-14,20-21,28-30H,15-18H2. The second-order valence-electron chi connectivity index (χ2n) is 7.90. The van der Waals surface area contributed by atoms with E-state index in [1.165, 1.54) is 6.07 Å². The molecule has 0 fully saturated rings. The third-order valence-corrected chi connectivity index (χ3v) is 5.15. The Morgan fingerprint density at radius 1 is 0.765 bits per heavy atom. The van der Waals surface area contributed by atoms with Crippen molar-refractivity contribution in [3.05, 3.63) is 95.2 Å². The molecule has 0 spiro atoms. The van der Waals surface area contributed by atoms with Crippen molar-refractivity contribution in [3.63, 3.8) is 0 Å². The highest BCUT2D eigenvalue weighted by Gasteiger charge is 2.11. The molecule has 0 saturated carbocycles. The van der Waals surface area contributed by atoms with Crippen molar-refractivity contribution in [3.8, 4) is 22.8 Å². The van der Waals surface area contributed by atoms with Crippen LogP contribution in [0.1, 0.15) is 0 Å². The molecule has 3 aromatic carbocycles. The predicted molar refractivity (Wildman–Crippen MR) is 130 cm³/mol. The van der Waals surface area contributed by atoms with Crippen LogP contribution in [-0.4, -0.2) is 48.7 Å². The van der Waals surface area contributed by atoms with Crippen molar-refractivity contribution in [2.24, 2.45) is 0 Å². The van der Waals surface area contributed by atoms with Crippen LogP contribution in [0.4, 0.5) is 0 Å². The van der Waals surface area contributed by atoms with Crippen molar-refractivity contribution < 1.29 is 24.1 Å². The van der Waals surface area contributed by atoms with Crippen LogP contribution < -0.4 is 20.2 Å². The molecule has 7 nitrogen and oxygen atoms in total. The summed E-state index contributed by atoms with van der Waals surface area (Å²) in [6.07, 6.45) is -1.50. The lowest BCUT2D eigenvalue weighted by molar-refractivity contribution is 0.0858. The lowest BCUT2D eigenvalue weighted by Crippen LogP contribution is -2.37. The fourth-order valence-electron chi connectivity index (χ4n) is 3.41. The third kappa shape index (κ3) is 6.45. The maximum Gasteiger partial charge on any atom is 0.193 e. The number of para-hydroxylation sites is 1. The van der Waals surface area contributed by atoms with Crippen molar-refractivity contribution in [2.45, 2.75) is 12.2 Å².